The Morgan fingerprint density at radius 2 is 2.03 bits per heavy atom. The Morgan fingerprint density at radius 3 is 2.72 bits per heavy atom. The minimum atomic E-state index is -4.62. The monoisotopic (exact) mass is 423 g/mol. The molecule has 1 aliphatic rings. The standard InChI is InChI=1S/C17H12F3N5O3S/c18-17(19,20)13-6-12(10-4-2-1-3-5-10)22-15(23-13)29-9-11-8-24-14(25(26)27)7-21-16(24)28-11/h1-7,11H,8-9H2/t11-/m0/s1. The van der Waals surface area contributed by atoms with Gasteiger partial charge in [-0.15, -0.1) is 0 Å². The number of halogens is 3. The molecule has 150 valence electrons. The molecule has 1 aromatic carbocycles. The second kappa shape index (κ2) is 7.35. The Kier molecular flexibility index (Phi) is 4.86. The van der Waals surface area contributed by atoms with Crippen molar-refractivity contribution < 1.29 is 22.8 Å². The molecule has 1 atom stereocenters. The van der Waals surface area contributed by atoms with Crippen molar-refractivity contribution in [3.05, 3.63) is 58.4 Å². The van der Waals surface area contributed by atoms with Crippen LogP contribution in [0.15, 0.2) is 47.8 Å². The minimum absolute atomic E-state index is 0.0543. The fraction of sp³-hybridized carbons (Fsp3) is 0.235. The molecule has 0 fully saturated rings. The summed E-state index contributed by atoms with van der Waals surface area (Å²) in [5.74, 6) is 0.00459. The van der Waals surface area contributed by atoms with Crippen LogP contribution in [0.3, 0.4) is 0 Å². The number of nitro groups is 1. The fourth-order valence-electron chi connectivity index (χ4n) is 2.80. The summed E-state index contributed by atoms with van der Waals surface area (Å²) in [5.41, 5.74) is -0.341. The highest BCUT2D eigenvalue weighted by atomic mass is 32.2. The summed E-state index contributed by atoms with van der Waals surface area (Å²) in [6.45, 7) is 0.170. The first-order chi connectivity index (χ1) is 13.8. The van der Waals surface area contributed by atoms with E-state index in [9.17, 15) is 23.3 Å². The highest BCUT2D eigenvalue weighted by Gasteiger charge is 2.36. The average Bonchev–Trinajstić information content (AvgIpc) is 3.26. The van der Waals surface area contributed by atoms with Crippen molar-refractivity contribution in [2.24, 2.45) is 0 Å². The van der Waals surface area contributed by atoms with E-state index in [2.05, 4.69) is 15.0 Å². The van der Waals surface area contributed by atoms with Gasteiger partial charge in [0.25, 0.3) is 0 Å². The Balaban J connectivity index is 1.54. The average molecular weight is 423 g/mol. The maximum absolute atomic E-state index is 13.3. The van der Waals surface area contributed by atoms with Crippen LogP contribution >= 0.6 is 11.8 Å². The Bertz CT molecular complexity index is 1060. The number of thioether (sulfide) groups is 1. The number of nitrogens with zero attached hydrogens (tertiary/aromatic N) is 5. The van der Waals surface area contributed by atoms with E-state index < -0.39 is 22.9 Å². The minimum Gasteiger partial charge on any atom is -0.439 e. The summed E-state index contributed by atoms with van der Waals surface area (Å²) in [7, 11) is 0. The van der Waals surface area contributed by atoms with Crippen molar-refractivity contribution in [3.63, 3.8) is 0 Å². The highest BCUT2D eigenvalue weighted by Crippen LogP contribution is 2.33. The van der Waals surface area contributed by atoms with Crippen LogP contribution in [0.25, 0.3) is 11.3 Å². The molecule has 3 heterocycles. The summed E-state index contributed by atoms with van der Waals surface area (Å²) in [4.78, 5) is 22.1. The number of hydrogen-bond acceptors (Lipinski definition) is 7. The third-order valence-electron chi connectivity index (χ3n) is 4.11. The predicted octanol–water partition coefficient (Wildman–Crippen LogP) is 3.82. The van der Waals surface area contributed by atoms with Gasteiger partial charge in [-0.05, 0) is 11.0 Å². The van der Waals surface area contributed by atoms with Gasteiger partial charge in [0.1, 0.15) is 18.4 Å². The lowest BCUT2D eigenvalue weighted by Crippen LogP contribution is -2.18. The summed E-state index contributed by atoms with van der Waals surface area (Å²) in [6.07, 6.45) is -4.02. The van der Waals surface area contributed by atoms with E-state index in [1.54, 1.807) is 30.3 Å². The van der Waals surface area contributed by atoms with Gasteiger partial charge in [-0.3, -0.25) is 0 Å². The zero-order valence-electron chi connectivity index (χ0n) is 14.5. The molecule has 3 aromatic rings. The van der Waals surface area contributed by atoms with E-state index in [1.807, 2.05) is 0 Å². The third kappa shape index (κ3) is 4.01. The highest BCUT2D eigenvalue weighted by molar-refractivity contribution is 7.99. The molecular formula is C17H12F3N5O3S. The van der Waals surface area contributed by atoms with Crippen molar-refractivity contribution in [1.82, 2.24) is 19.5 Å². The predicted molar refractivity (Wildman–Crippen MR) is 96.5 cm³/mol. The Hall–Kier alpha value is -3.15. The topological polar surface area (TPSA) is 96.0 Å². The van der Waals surface area contributed by atoms with Crippen molar-refractivity contribution in [2.75, 3.05) is 5.75 Å². The number of aromatic nitrogens is 4. The molecule has 0 saturated carbocycles. The molecule has 0 radical (unpaired) electrons. The van der Waals surface area contributed by atoms with Crippen LogP contribution in [0.4, 0.5) is 19.0 Å². The first-order valence-electron chi connectivity index (χ1n) is 8.32. The maximum Gasteiger partial charge on any atom is 0.433 e. The SMILES string of the molecule is O=[N+]([O-])c1cnc2n1C[C@@H](CSc1nc(-c3ccccc3)cc(C(F)(F)F)n1)O2. The second-order valence-corrected chi connectivity index (χ2v) is 7.09. The summed E-state index contributed by atoms with van der Waals surface area (Å²) < 4.78 is 46.6. The molecule has 8 nitrogen and oxygen atoms in total. The second-order valence-electron chi connectivity index (χ2n) is 6.10. The van der Waals surface area contributed by atoms with Crippen LogP contribution in [0.1, 0.15) is 5.69 Å². The van der Waals surface area contributed by atoms with E-state index in [-0.39, 0.29) is 35.0 Å². The van der Waals surface area contributed by atoms with Crippen molar-refractivity contribution in [3.8, 4) is 17.3 Å². The summed E-state index contributed by atoms with van der Waals surface area (Å²) in [5, 5.41) is 10.9. The lowest BCUT2D eigenvalue weighted by Gasteiger charge is -2.11. The van der Waals surface area contributed by atoms with Gasteiger partial charge in [0.2, 0.25) is 0 Å². The molecule has 0 N–H and O–H groups in total. The van der Waals surface area contributed by atoms with Gasteiger partial charge in [-0.2, -0.15) is 22.7 Å². The molecule has 0 spiro atoms. The summed E-state index contributed by atoms with van der Waals surface area (Å²) in [6, 6.07) is 9.51. The van der Waals surface area contributed by atoms with Crippen LogP contribution < -0.4 is 4.74 Å². The smallest absolute Gasteiger partial charge is 0.433 e. The zero-order chi connectivity index (χ0) is 20.6. The number of imidazole rings is 1. The third-order valence-corrected chi connectivity index (χ3v) is 5.09. The number of fused-ring (bicyclic) bond motifs is 1. The van der Waals surface area contributed by atoms with Gasteiger partial charge in [-0.25, -0.2) is 9.97 Å². The van der Waals surface area contributed by atoms with Gasteiger partial charge in [0.05, 0.1) is 5.69 Å². The Labute approximate surface area is 165 Å². The normalized spacial score (nSPS) is 15.8. The number of hydrogen-bond donors (Lipinski definition) is 0. The lowest BCUT2D eigenvalue weighted by atomic mass is 10.1. The van der Waals surface area contributed by atoms with Crippen LogP contribution in [0.2, 0.25) is 0 Å². The number of ether oxygens (including phenoxy) is 1. The van der Waals surface area contributed by atoms with Gasteiger partial charge in [0.15, 0.2) is 11.3 Å². The van der Waals surface area contributed by atoms with E-state index in [4.69, 9.17) is 4.74 Å². The molecule has 29 heavy (non-hydrogen) atoms. The maximum atomic E-state index is 13.3. The molecule has 0 unspecified atom stereocenters. The number of alkyl halides is 3. The van der Waals surface area contributed by atoms with Crippen LogP contribution in [-0.4, -0.2) is 36.3 Å². The number of benzene rings is 1. The molecule has 0 amide bonds. The van der Waals surface area contributed by atoms with Crippen molar-refractivity contribution in [1.29, 1.82) is 0 Å². The van der Waals surface area contributed by atoms with E-state index >= 15 is 0 Å². The van der Waals surface area contributed by atoms with Crippen molar-refractivity contribution >= 4 is 17.6 Å². The summed E-state index contributed by atoms with van der Waals surface area (Å²) >= 11 is 0.987. The lowest BCUT2D eigenvalue weighted by molar-refractivity contribution is -0.392. The van der Waals surface area contributed by atoms with Crippen LogP contribution in [0.5, 0.6) is 6.01 Å². The van der Waals surface area contributed by atoms with Crippen LogP contribution in [-0.2, 0) is 12.7 Å². The molecule has 0 aliphatic carbocycles. The molecule has 4 rings (SSSR count). The van der Waals surface area contributed by atoms with E-state index in [1.165, 1.54) is 4.57 Å². The largest absolute Gasteiger partial charge is 0.439 e. The zero-order valence-corrected chi connectivity index (χ0v) is 15.4. The fourth-order valence-corrected chi connectivity index (χ4v) is 3.63. The van der Waals surface area contributed by atoms with Gasteiger partial charge in [-0.1, -0.05) is 42.1 Å². The van der Waals surface area contributed by atoms with E-state index in [0.29, 0.717) is 5.56 Å². The molecular weight excluding hydrogens is 411 g/mol. The van der Waals surface area contributed by atoms with Crippen LogP contribution in [0, 0.1) is 10.1 Å². The molecule has 0 saturated heterocycles. The first-order valence-corrected chi connectivity index (χ1v) is 9.31. The Morgan fingerprint density at radius 1 is 1.28 bits per heavy atom. The van der Waals surface area contributed by atoms with Gasteiger partial charge >= 0.3 is 18.0 Å². The van der Waals surface area contributed by atoms with Crippen molar-refractivity contribution in [2.45, 2.75) is 24.0 Å². The molecule has 2 aromatic heterocycles. The molecule has 12 heteroatoms. The molecule has 1 aliphatic heterocycles. The van der Waals surface area contributed by atoms with Gasteiger partial charge < -0.3 is 14.9 Å². The number of rotatable bonds is 5. The van der Waals surface area contributed by atoms with Gasteiger partial charge in [0, 0.05) is 11.3 Å². The van der Waals surface area contributed by atoms with E-state index in [0.717, 1.165) is 24.0 Å². The quantitative estimate of drug-likeness (QED) is 0.266. The molecule has 0 bridgehead atoms. The first kappa shape index (κ1) is 19.2.